The van der Waals surface area contributed by atoms with Crippen molar-refractivity contribution in [1.29, 1.82) is 0 Å². The van der Waals surface area contributed by atoms with Crippen molar-refractivity contribution in [3.63, 3.8) is 0 Å². The van der Waals surface area contributed by atoms with Crippen molar-refractivity contribution in [3.05, 3.63) is 41.0 Å². The largest absolute Gasteiger partial charge is 0.516 e. The maximum atomic E-state index is 13.0. The molecule has 12 heteroatoms. The van der Waals surface area contributed by atoms with Gasteiger partial charge >= 0.3 is 15.5 Å². The van der Waals surface area contributed by atoms with Gasteiger partial charge in [-0.05, 0) is 58.1 Å². The van der Waals surface area contributed by atoms with Crippen LogP contribution in [0.2, 0.25) is 0 Å². The van der Waals surface area contributed by atoms with Gasteiger partial charge in [-0.2, -0.15) is 21.6 Å². The van der Waals surface area contributed by atoms with Crippen molar-refractivity contribution in [2.75, 3.05) is 22.7 Å². The lowest BCUT2D eigenvalue weighted by Gasteiger charge is -2.29. The molecule has 0 spiro atoms. The number of nitrogens with one attached hydrogen (secondary N) is 1. The summed E-state index contributed by atoms with van der Waals surface area (Å²) in [5.41, 5.74) is -5.29. The highest BCUT2D eigenvalue weighted by Gasteiger charge is 2.46. The Hall–Kier alpha value is -2.21. The molecule has 1 aromatic carbocycles. The standard InChI is InChI=1S/C20H25BrF3N5O2S/c1-13(2)11-29(12-14(3)4)16-6-7-17(26-27-19-8-5-15(21)10-25-19)18(9-16)28-32(30,31)20(22,23)24/h5-10,13-14,28H,11-12H2,1-4H3. The zero-order valence-electron chi connectivity index (χ0n) is 18.1. The zero-order chi connectivity index (χ0) is 24.1. The first kappa shape index (κ1) is 26.0. The van der Waals surface area contributed by atoms with Gasteiger partial charge in [0.15, 0.2) is 5.82 Å². The molecule has 1 heterocycles. The smallest absolute Gasteiger partial charge is 0.371 e. The van der Waals surface area contributed by atoms with Crippen molar-refractivity contribution in [2.45, 2.75) is 33.2 Å². The Balaban J connectivity index is 2.51. The van der Waals surface area contributed by atoms with Crippen molar-refractivity contribution in [1.82, 2.24) is 4.98 Å². The second-order valence-corrected chi connectivity index (χ2v) is 10.6. The highest BCUT2D eigenvalue weighted by Crippen LogP contribution is 2.35. The molecular weight excluding hydrogens is 511 g/mol. The summed E-state index contributed by atoms with van der Waals surface area (Å²) in [6.45, 7) is 9.38. The topological polar surface area (TPSA) is 87.0 Å². The molecule has 0 saturated carbocycles. The summed E-state index contributed by atoms with van der Waals surface area (Å²) in [5, 5.41) is 7.83. The second-order valence-electron chi connectivity index (χ2n) is 7.98. The Morgan fingerprint density at radius 2 is 1.69 bits per heavy atom. The van der Waals surface area contributed by atoms with Gasteiger partial charge in [0.25, 0.3) is 0 Å². The molecule has 0 unspecified atom stereocenters. The lowest BCUT2D eigenvalue weighted by atomic mass is 10.1. The number of anilines is 2. The van der Waals surface area contributed by atoms with Crippen molar-refractivity contribution >= 4 is 48.8 Å². The van der Waals surface area contributed by atoms with Crippen LogP contribution in [-0.4, -0.2) is 32.0 Å². The molecule has 2 aromatic rings. The maximum Gasteiger partial charge on any atom is 0.516 e. The summed E-state index contributed by atoms with van der Waals surface area (Å²) in [7, 11) is -5.64. The molecule has 0 saturated heterocycles. The molecule has 32 heavy (non-hydrogen) atoms. The van der Waals surface area contributed by atoms with Crippen molar-refractivity contribution in [3.8, 4) is 0 Å². The van der Waals surface area contributed by atoms with Gasteiger partial charge in [-0.3, -0.25) is 4.72 Å². The van der Waals surface area contributed by atoms with E-state index in [1.165, 1.54) is 18.3 Å². The molecule has 1 aromatic heterocycles. The molecule has 0 aliphatic heterocycles. The zero-order valence-corrected chi connectivity index (χ0v) is 20.5. The van der Waals surface area contributed by atoms with E-state index in [0.717, 1.165) is 4.47 Å². The highest BCUT2D eigenvalue weighted by molar-refractivity contribution is 9.10. The summed E-state index contributed by atoms with van der Waals surface area (Å²) in [6.07, 6.45) is 1.49. The van der Waals surface area contributed by atoms with Gasteiger partial charge in [-0.15, -0.1) is 10.2 Å². The molecule has 7 nitrogen and oxygen atoms in total. The van der Waals surface area contributed by atoms with E-state index < -0.39 is 15.5 Å². The van der Waals surface area contributed by atoms with Crippen LogP contribution in [0.1, 0.15) is 27.7 Å². The van der Waals surface area contributed by atoms with Crippen LogP contribution in [0.25, 0.3) is 0 Å². The van der Waals surface area contributed by atoms with E-state index in [0.29, 0.717) is 18.8 Å². The van der Waals surface area contributed by atoms with Crippen LogP contribution in [0, 0.1) is 11.8 Å². The number of pyridine rings is 1. The maximum absolute atomic E-state index is 13.0. The van der Waals surface area contributed by atoms with Crippen LogP contribution in [0.15, 0.2) is 51.2 Å². The van der Waals surface area contributed by atoms with E-state index in [1.54, 1.807) is 22.9 Å². The summed E-state index contributed by atoms with van der Waals surface area (Å²) in [6, 6.07) is 7.68. The molecular formula is C20H25BrF3N5O2S. The number of azo groups is 1. The Labute approximate surface area is 194 Å². The highest BCUT2D eigenvalue weighted by atomic mass is 79.9. The van der Waals surface area contributed by atoms with Gasteiger partial charge in [-0.1, -0.05) is 27.7 Å². The normalized spacial score (nSPS) is 12.7. The summed E-state index contributed by atoms with van der Waals surface area (Å²) in [5.74, 6) is 0.780. The second kappa shape index (κ2) is 10.6. The van der Waals surface area contributed by atoms with Gasteiger partial charge in [0, 0.05) is 29.4 Å². The van der Waals surface area contributed by atoms with Crippen LogP contribution in [0.5, 0.6) is 0 Å². The minimum atomic E-state index is -5.64. The lowest BCUT2D eigenvalue weighted by Crippen LogP contribution is -2.32. The molecule has 0 aliphatic carbocycles. The monoisotopic (exact) mass is 535 g/mol. The number of nitrogens with zero attached hydrogens (tertiary/aromatic N) is 4. The van der Waals surface area contributed by atoms with Crippen LogP contribution in [-0.2, 0) is 10.0 Å². The first-order chi connectivity index (χ1) is 14.8. The van der Waals surface area contributed by atoms with Gasteiger partial charge in [0.2, 0.25) is 0 Å². The molecule has 2 rings (SSSR count). The molecule has 0 radical (unpaired) electrons. The van der Waals surface area contributed by atoms with Crippen LogP contribution in [0.3, 0.4) is 0 Å². The number of alkyl halides is 3. The lowest BCUT2D eigenvalue weighted by molar-refractivity contribution is -0.0429. The van der Waals surface area contributed by atoms with Crippen molar-refractivity contribution < 1.29 is 21.6 Å². The van der Waals surface area contributed by atoms with Gasteiger partial charge in [-0.25, -0.2) is 4.98 Å². The molecule has 0 fully saturated rings. The molecule has 1 N–H and O–H groups in total. The quantitative estimate of drug-likeness (QED) is 0.364. The Bertz CT molecular complexity index is 1030. The Morgan fingerprint density at radius 1 is 1.06 bits per heavy atom. The van der Waals surface area contributed by atoms with Crippen LogP contribution in [0.4, 0.5) is 36.1 Å². The number of aromatic nitrogens is 1. The fourth-order valence-electron chi connectivity index (χ4n) is 2.79. The molecule has 0 atom stereocenters. The first-order valence-electron chi connectivity index (χ1n) is 9.80. The Morgan fingerprint density at radius 3 is 2.19 bits per heavy atom. The summed E-state index contributed by atoms with van der Waals surface area (Å²) in [4.78, 5) is 6.01. The fraction of sp³-hybridized carbons (Fsp3) is 0.450. The van der Waals surface area contributed by atoms with Gasteiger partial charge in [0.05, 0.1) is 5.69 Å². The molecule has 0 bridgehead atoms. The minimum Gasteiger partial charge on any atom is -0.371 e. The Kier molecular flexibility index (Phi) is 8.63. The average molecular weight is 536 g/mol. The number of benzene rings is 1. The van der Waals surface area contributed by atoms with Gasteiger partial charge < -0.3 is 4.90 Å². The number of rotatable bonds is 9. The van der Waals surface area contributed by atoms with E-state index >= 15 is 0 Å². The minimum absolute atomic E-state index is 0.0691. The predicted molar refractivity (Wildman–Crippen MR) is 123 cm³/mol. The molecule has 176 valence electrons. The SMILES string of the molecule is CC(C)CN(CC(C)C)c1ccc(N=Nc2ccc(Br)cn2)c(NS(=O)(=O)C(F)(F)F)c1. The van der Waals surface area contributed by atoms with Crippen LogP contribution >= 0.6 is 15.9 Å². The third kappa shape index (κ3) is 7.44. The van der Waals surface area contributed by atoms with E-state index in [2.05, 4.69) is 31.1 Å². The van der Waals surface area contributed by atoms with E-state index in [1.807, 2.05) is 32.6 Å². The third-order valence-corrected chi connectivity index (χ3v) is 5.60. The number of sulfonamides is 1. The first-order valence-corrected chi connectivity index (χ1v) is 12.1. The predicted octanol–water partition coefficient (Wildman–Crippen LogP) is 6.64. The number of halogens is 4. The summed E-state index contributed by atoms with van der Waals surface area (Å²) >= 11 is 3.24. The fourth-order valence-corrected chi connectivity index (χ4v) is 3.59. The third-order valence-electron chi connectivity index (χ3n) is 4.04. The molecule has 0 aliphatic rings. The summed E-state index contributed by atoms with van der Waals surface area (Å²) < 4.78 is 64.9. The molecule has 0 amide bonds. The van der Waals surface area contributed by atoms with Crippen LogP contribution < -0.4 is 9.62 Å². The average Bonchev–Trinajstić information content (AvgIpc) is 2.66. The van der Waals surface area contributed by atoms with E-state index in [-0.39, 0.29) is 29.0 Å². The van der Waals surface area contributed by atoms with Gasteiger partial charge in [0.1, 0.15) is 5.69 Å². The number of hydrogen-bond donors (Lipinski definition) is 1. The van der Waals surface area contributed by atoms with E-state index in [4.69, 9.17) is 0 Å². The number of hydrogen-bond acceptors (Lipinski definition) is 6. The van der Waals surface area contributed by atoms with Crippen molar-refractivity contribution in [2.24, 2.45) is 22.1 Å². The van der Waals surface area contributed by atoms with E-state index in [9.17, 15) is 21.6 Å².